The minimum atomic E-state index is -4.57. The Labute approximate surface area is 154 Å². The van der Waals surface area contributed by atoms with Gasteiger partial charge < -0.3 is 15.4 Å². The van der Waals surface area contributed by atoms with Crippen molar-refractivity contribution in [1.82, 2.24) is 15.0 Å². The molecule has 1 saturated heterocycles. The number of halogens is 4. The van der Waals surface area contributed by atoms with Crippen molar-refractivity contribution in [2.75, 3.05) is 24.3 Å². The fraction of sp³-hybridized carbons (Fsp3) is 0.429. The molecule has 2 aliphatic rings. The highest BCUT2D eigenvalue weighted by Gasteiger charge is 2.69. The van der Waals surface area contributed by atoms with Gasteiger partial charge in [0.15, 0.2) is 5.15 Å². The largest absolute Gasteiger partial charge is 0.465 e. The third-order valence-electron chi connectivity index (χ3n) is 4.41. The van der Waals surface area contributed by atoms with Crippen LogP contribution in [0.25, 0.3) is 0 Å². The van der Waals surface area contributed by atoms with Gasteiger partial charge in [0.1, 0.15) is 26.8 Å². The van der Waals surface area contributed by atoms with E-state index in [2.05, 4.69) is 25.6 Å². The van der Waals surface area contributed by atoms with Gasteiger partial charge in [-0.1, -0.05) is 22.9 Å². The normalized spacial score (nSPS) is 24.2. The average molecular weight is 406 g/mol. The molecule has 0 amide bonds. The number of alkyl halides is 3. The van der Waals surface area contributed by atoms with Gasteiger partial charge in [0.2, 0.25) is 5.95 Å². The molecule has 0 bridgehead atoms. The van der Waals surface area contributed by atoms with Crippen LogP contribution in [0.4, 0.5) is 29.9 Å². The van der Waals surface area contributed by atoms with Crippen molar-refractivity contribution in [3.8, 4) is 0 Å². The Balaban J connectivity index is 1.62. The lowest BCUT2D eigenvalue weighted by Crippen LogP contribution is -2.18. The molecule has 2 aromatic heterocycles. The average Bonchev–Trinajstić information content (AvgIpc) is 3.10. The van der Waals surface area contributed by atoms with E-state index < -0.39 is 17.2 Å². The summed E-state index contributed by atoms with van der Waals surface area (Å²) in [5.41, 5.74) is -1.71. The van der Waals surface area contributed by atoms with Crippen molar-refractivity contribution in [3.63, 3.8) is 0 Å². The number of carbonyl (C=O) groups is 1. The number of cyclic esters (lactones) is 1. The van der Waals surface area contributed by atoms with Crippen molar-refractivity contribution in [1.29, 1.82) is 0 Å². The van der Waals surface area contributed by atoms with Crippen LogP contribution in [0.1, 0.15) is 17.0 Å². The minimum absolute atomic E-state index is 0.0710. The number of rotatable bonds is 4. The summed E-state index contributed by atoms with van der Waals surface area (Å²) < 4.78 is 43.8. The molecule has 1 aliphatic carbocycles. The second kappa shape index (κ2) is 5.68. The first-order valence-electron chi connectivity index (χ1n) is 7.48. The number of nitrogens with one attached hydrogen (secondary N) is 2. The SMILES string of the molecule is CNc1nc(Nc2sc(C34CC3COC4=O)nc2Cl)ncc1C(F)(F)F. The summed E-state index contributed by atoms with van der Waals surface area (Å²) in [6.45, 7) is 0.367. The molecule has 3 heterocycles. The van der Waals surface area contributed by atoms with Crippen molar-refractivity contribution >= 4 is 45.7 Å². The second-order valence-electron chi connectivity index (χ2n) is 5.94. The van der Waals surface area contributed by atoms with Gasteiger partial charge in [-0.3, -0.25) is 4.79 Å². The molecule has 2 N–H and O–H groups in total. The molecule has 26 heavy (non-hydrogen) atoms. The molecule has 2 aromatic rings. The van der Waals surface area contributed by atoms with Crippen molar-refractivity contribution in [3.05, 3.63) is 21.9 Å². The third-order valence-corrected chi connectivity index (χ3v) is 5.94. The Morgan fingerprint density at radius 2 is 2.19 bits per heavy atom. The van der Waals surface area contributed by atoms with Gasteiger partial charge in [-0.05, 0) is 6.42 Å². The van der Waals surface area contributed by atoms with E-state index in [1.54, 1.807) is 0 Å². The van der Waals surface area contributed by atoms with E-state index in [4.69, 9.17) is 16.3 Å². The zero-order chi connectivity index (χ0) is 18.7. The molecule has 0 aromatic carbocycles. The van der Waals surface area contributed by atoms with E-state index in [0.29, 0.717) is 29.2 Å². The van der Waals surface area contributed by atoms with Crippen molar-refractivity contribution in [2.24, 2.45) is 5.92 Å². The predicted molar refractivity (Wildman–Crippen MR) is 87.7 cm³/mol. The molecule has 0 spiro atoms. The first-order chi connectivity index (χ1) is 12.3. The third kappa shape index (κ3) is 2.57. The van der Waals surface area contributed by atoms with Crippen LogP contribution in [0, 0.1) is 5.92 Å². The monoisotopic (exact) mass is 405 g/mol. The number of anilines is 3. The summed E-state index contributed by atoms with van der Waals surface area (Å²) in [5.74, 6) is -0.652. The van der Waals surface area contributed by atoms with Crippen molar-refractivity contribution < 1.29 is 22.7 Å². The van der Waals surface area contributed by atoms with Crippen LogP contribution < -0.4 is 10.6 Å². The highest BCUT2D eigenvalue weighted by molar-refractivity contribution is 7.16. The fourth-order valence-electron chi connectivity index (χ4n) is 2.95. The van der Waals surface area contributed by atoms with E-state index >= 15 is 0 Å². The molecular weight excluding hydrogens is 395 g/mol. The number of hydrogen-bond donors (Lipinski definition) is 2. The topological polar surface area (TPSA) is 89.0 Å². The van der Waals surface area contributed by atoms with Crippen LogP contribution in [0.3, 0.4) is 0 Å². The summed E-state index contributed by atoms with van der Waals surface area (Å²) in [4.78, 5) is 23.7. The zero-order valence-corrected chi connectivity index (χ0v) is 14.7. The van der Waals surface area contributed by atoms with Crippen LogP contribution in [-0.4, -0.2) is 34.6 Å². The number of hydrogen-bond acceptors (Lipinski definition) is 8. The maximum absolute atomic E-state index is 12.9. The van der Waals surface area contributed by atoms with Gasteiger partial charge in [-0.2, -0.15) is 18.2 Å². The zero-order valence-electron chi connectivity index (χ0n) is 13.1. The smallest absolute Gasteiger partial charge is 0.421 e. The van der Waals surface area contributed by atoms with E-state index in [0.717, 1.165) is 11.3 Å². The molecule has 0 radical (unpaired) electrons. The Morgan fingerprint density at radius 3 is 2.77 bits per heavy atom. The number of esters is 1. The quantitative estimate of drug-likeness (QED) is 0.755. The molecule has 4 rings (SSSR count). The van der Waals surface area contributed by atoms with E-state index in [9.17, 15) is 18.0 Å². The van der Waals surface area contributed by atoms with Crippen molar-refractivity contribution in [2.45, 2.75) is 18.0 Å². The maximum Gasteiger partial charge on any atom is 0.421 e. The van der Waals surface area contributed by atoms with E-state index in [1.807, 2.05) is 0 Å². The van der Waals surface area contributed by atoms with Crippen LogP contribution >= 0.6 is 22.9 Å². The van der Waals surface area contributed by atoms with E-state index in [1.165, 1.54) is 7.05 Å². The highest BCUT2D eigenvalue weighted by atomic mass is 35.5. The number of nitrogens with zero attached hydrogens (tertiary/aromatic N) is 3. The highest BCUT2D eigenvalue weighted by Crippen LogP contribution is 2.60. The second-order valence-corrected chi connectivity index (χ2v) is 7.30. The van der Waals surface area contributed by atoms with Crippen LogP contribution in [0.15, 0.2) is 6.20 Å². The van der Waals surface area contributed by atoms with Gasteiger partial charge in [-0.25, -0.2) is 9.97 Å². The number of ether oxygens (including phenoxy) is 1. The molecule has 7 nitrogen and oxygen atoms in total. The lowest BCUT2D eigenvalue weighted by Gasteiger charge is -2.12. The summed E-state index contributed by atoms with van der Waals surface area (Å²) in [7, 11) is 1.33. The molecule has 1 saturated carbocycles. The Kier molecular flexibility index (Phi) is 3.77. The molecular formula is C14H11ClF3N5O2S. The summed E-state index contributed by atoms with van der Waals surface area (Å²) >= 11 is 7.25. The first kappa shape index (κ1) is 17.3. The Bertz CT molecular complexity index is 905. The Morgan fingerprint density at radius 1 is 1.42 bits per heavy atom. The van der Waals surface area contributed by atoms with Crippen LogP contribution in [0.2, 0.25) is 5.15 Å². The van der Waals surface area contributed by atoms with Gasteiger partial charge in [0.25, 0.3) is 0 Å². The van der Waals surface area contributed by atoms with Gasteiger partial charge in [0, 0.05) is 19.2 Å². The van der Waals surface area contributed by atoms with Crippen LogP contribution in [0.5, 0.6) is 0 Å². The van der Waals surface area contributed by atoms with E-state index in [-0.39, 0.29) is 28.8 Å². The van der Waals surface area contributed by atoms with Gasteiger partial charge in [-0.15, -0.1) is 0 Å². The molecule has 1 aliphatic heterocycles. The number of carbonyl (C=O) groups excluding carboxylic acids is 1. The Hall–Kier alpha value is -2.14. The molecule has 2 fully saturated rings. The number of fused-ring (bicyclic) bond motifs is 1. The standard InChI is InChI=1S/C14H11ClF3N5O2S/c1-19-8-6(14(16,17)18)3-20-12(22-8)23-9-7(15)21-10(26-9)13-2-5(13)4-25-11(13)24/h3,5H,2,4H2,1H3,(H2,19,20,22,23). The number of aromatic nitrogens is 3. The summed E-state index contributed by atoms with van der Waals surface area (Å²) in [6.07, 6.45) is -3.23. The number of thiazole rings is 1. The van der Waals surface area contributed by atoms with Gasteiger partial charge >= 0.3 is 12.1 Å². The first-order valence-corrected chi connectivity index (χ1v) is 8.68. The summed E-state index contributed by atoms with van der Waals surface area (Å²) in [6, 6.07) is 0. The summed E-state index contributed by atoms with van der Waals surface area (Å²) in [5, 5.41) is 6.13. The fourth-order valence-corrected chi connectivity index (χ4v) is 4.36. The molecule has 2 unspecified atom stereocenters. The molecule has 138 valence electrons. The lowest BCUT2D eigenvalue weighted by molar-refractivity contribution is -0.142. The molecule has 12 heteroatoms. The lowest BCUT2D eigenvalue weighted by atomic mass is 10.1. The van der Waals surface area contributed by atoms with Crippen LogP contribution in [-0.2, 0) is 21.1 Å². The molecule has 2 atom stereocenters. The predicted octanol–water partition coefficient (Wildman–Crippen LogP) is 3.21. The minimum Gasteiger partial charge on any atom is -0.465 e. The maximum atomic E-state index is 12.9. The van der Waals surface area contributed by atoms with Gasteiger partial charge in [0.05, 0.1) is 6.61 Å².